The molecule has 0 bridgehead atoms. The summed E-state index contributed by atoms with van der Waals surface area (Å²) >= 11 is 3.45. The second kappa shape index (κ2) is 3.82. The predicted octanol–water partition coefficient (Wildman–Crippen LogP) is 1.84. The minimum Gasteiger partial charge on any atom is -0.369 e. The molecule has 3 rings (SSSR count). The number of guanidine groups is 1. The summed E-state index contributed by atoms with van der Waals surface area (Å²) in [5.74, 6) is 0.579. The molecule has 2 aliphatic rings. The van der Waals surface area contributed by atoms with Gasteiger partial charge in [0.15, 0.2) is 11.5 Å². The van der Waals surface area contributed by atoms with Gasteiger partial charge in [-0.3, -0.25) is 9.69 Å². The van der Waals surface area contributed by atoms with Crippen molar-refractivity contribution < 1.29 is 4.79 Å². The fourth-order valence-corrected chi connectivity index (χ4v) is 2.98. The molecule has 0 spiro atoms. The van der Waals surface area contributed by atoms with Crippen molar-refractivity contribution >= 4 is 27.8 Å². The number of aliphatic imine (C=N–C) groups is 1. The Bertz CT molecular complexity index is 553. The van der Waals surface area contributed by atoms with Crippen molar-refractivity contribution in [3.8, 4) is 0 Å². The van der Waals surface area contributed by atoms with E-state index in [-0.39, 0.29) is 11.8 Å². The van der Waals surface area contributed by atoms with Crippen molar-refractivity contribution in [3.63, 3.8) is 0 Å². The van der Waals surface area contributed by atoms with Gasteiger partial charge < -0.3 is 5.73 Å². The van der Waals surface area contributed by atoms with Crippen LogP contribution in [0.5, 0.6) is 0 Å². The van der Waals surface area contributed by atoms with Crippen molar-refractivity contribution in [3.05, 3.63) is 34.3 Å². The van der Waals surface area contributed by atoms with Crippen molar-refractivity contribution in [2.24, 2.45) is 16.6 Å². The summed E-state index contributed by atoms with van der Waals surface area (Å²) in [6.45, 7) is 0. The molecule has 1 saturated carbocycles. The van der Waals surface area contributed by atoms with E-state index in [9.17, 15) is 4.79 Å². The number of likely N-dealkylation sites (N-methyl/N-ethyl adjacent to an activating group) is 1. The number of amides is 1. The van der Waals surface area contributed by atoms with E-state index in [2.05, 4.69) is 20.9 Å². The maximum absolute atomic E-state index is 12.5. The highest BCUT2D eigenvalue weighted by Gasteiger charge is 2.57. The molecule has 0 unspecified atom stereocenters. The zero-order valence-corrected chi connectivity index (χ0v) is 11.6. The average molecular weight is 308 g/mol. The quantitative estimate of drug-likeness (QED) is 0.906. The second-order valence-electron chi connectivity index (χ2n) is 4.89. The van der Waals surface area contributed by atoms with E-state index >= 15 is 0 Å². The van der Waals surface area contributed by atoms with Crippen molar-refractivity contribution in [2.75, 3.05) is 7.05 Å². The lowest BCUT2D eigenvalue weighted by atomic mass is 9.85. The van der Waals surface area contributed by atoms with Crippen LogP contribution < -0.4 is 5.73 Å². The SMILES string of the molecule is CN1C(=O)[C@](c2cccc(Br)c2)(C2CC2)N=C1N. The van der Waals surface area contributed by atoms with Crippen LogP contribution in [-0.4, -0.2) is 23.8 Å². The van der Waals surface area contributed by atoms with Crippen LogP contribution in [0.15, 0.2) is 33.7 Å². The van der Waals surface area contributed by atoms with Crippen LogP contribution in [0.3, 0.4) is 0 Å². The number of halogens is 1. The number of nitrogens with zero attached hydrogens (tertiary/aromatic N) is 2. The summed E-state index contributed by atoms with van der Waals surface area (Å²) in [4.78, 5) is 18.5. The lowest BCUT2D eigenvalue weighted by molar-refractivity contribution is -0.131. The molecule has 0 radical (unpaired) electrons. The zero-order chi connectivity index (χ0) is 12.9. The minimum absolute atomic E-state index is 0.0133. The summed E-state index contributed by atoms with van der Waals surface area (Å²) in [6.07, 6.45) is 2.06. The van der Waals surface area contributed by atoms with Gasteiger partial charge in [-0.1, -0.05) is 28.1 Å². The molecule has 2 N–H and O–H groups in total. The third-order valence-electron chi connectivity index (χ3n) is 3.70. The number of benzene rings is 1. The van der Waals surface area contributed by atoms with Gasteiger partial charge in [0, 0.05) is 11.5 Å². The van der Waals surface area contributed by atoms with Crippen LogP contribution in [0.1, 0.15) is 18.4 Å². The molecule has 18 heavy (non-hydrogen) atoms. The Hall–Kier alpha value is -1.36. The predicted molar refractivity (Wildman–Crippen MR) is 72.9 cm³/mol. The zero-order valence-electron chi connectivity index (χ0n) is 10.1. The maximum atomic E-state index is 12.5. The first-order chi connectivity index (χ1) is 8.55. The van der Waals surface area contributed by atoms with Gasteiger partial charge in [-0.15, -0.1) is 0 Å². The largest absolute Gasteiger partial charge is 0.369 e. The summed E-state index contributed by atoms with van der Waals surface area (Å²) in [5, 5.41) is 0. The average Bonchev–Trinajstić information content (AvgIpc) is 3.15. The number of hydrogen-bond donors (Lipinski definition) is 1. The maximum Gasteiger partial charge on any atom is 0.261 e. The second-order valence-corrected chi connectivity index (χ2v) is 5.80. The van der Waals surface area contributed by atoms with Crippen molar-refractivity contribution in [1.82, 2.24) is 4.90 Å². The molecule has 1 aliphatic heterocycles. The normalized spacial score (nSPS) is 27.6. The van der Waals surface area contributed by atoms with E-state index in [0.29, 0.717) is 5.96 Å². The van der Waals surface area contributed by atoms with Crippen LogP contribution in [0.25, 0.3) is 0 Å². The van der Waals surface area contributed by atoms with Gasteiger partial charge in [0.2, 0.25) is 0 Å². The molecule has 0 saturated heterocycles. The number of hydrogen-bond acceptors (Lipinski definition) is 3. The van der Waals surface area contributed by atoms with Gasteiger partial charge >= 0.3 is 0 Å². The summed E-state index contributed by atoms with van der Waals surface area (Å²) in [7, 11) is 1.68. The van der Waals surface area contributed by atoms with Gasteiger partial charge in [0.1, 0.15) is 0 Å². The highest BCUT2D eigenvalue weighted by molar-refractivity contribution is 9.10. The smallest absolute Gasteiger partial charge is 0.261 e. The molecule has 0 aromatic heterocycles. The molecule has 1 atom stereocenters. The first-order valence-corrected chi connectivity index (χ1v) is 6.74. The molecular weight excluding hydrogens is 294 g/mol. The van der Waals surface area contributed by atoms with Crippen LogP contribution in [0.2, 0.25) is 0 Å². The highest BCUT2D eigenvalue weighted by Crippen LogP contribution is 2.51. The Morgan fingerprint density at radius 1 is 1.50 bits per heavy atom. The summed E-state index contributed by atoms with van der Waals surface area (Å²) < 4.78 is 0.955. The topological polar surface area (TPSA) is 58.7 Å². The monoisotopic (exact) mass is 307 g/mol. The third-order valence-corrected chi connectivity index (χ3v) is 4.19. The molecule has 1 aromatic rings. The lowest BCUT2D eigenvalue weighted by Crippen LogP contribution is -2.41. The Morgan fingerprint density at radius 3 is 2.72 bits per heavy atom. The molecule has 1 aliphatic carbocycles. The Labute approximate surface area is 114 Å². The van der Waals surface area contributed by atoms with E-state index in [1.165, 1.54) is 4.90 Å². The molecule has 1 fully saturated rings. The van der Waals surface area contributed by atoms with Crippen LogP contribution in [-0.2, 0) is 10.3 Å². The first kappa shape index (κ1) is 11.7. The number of rotatable bonds is 2. The summed E-state index contributed by atoms with van der Waals surface area (Å²) in [5.41, 5.74) is 5.97. The van der Waals surface area contributed by atoms with E-state index in [1.54, 1.807) is 7.05 Å². The number of nitrogens with two attached hydrogens (primary N) is 1. The molecular formula is C13H14BrN3O. The van der Waals surface area contributed by atoms with Crippen molar-refractivity contribution in [2.45, 2.75) is 18.4 Å². The third kappa shape index (κ3) is 1.50. The Kier molecular flexibility index (Phi) is 2.48. The standard InChI is InChI=1S/C13H14BrN3O/c1-17-11(18)13(8-5-6-8,16-12(17)15)9-3-2-4-10(14)7-9/h2-4,7-8H,5-6H2,1H3,(H2,15,16)/t13-/m1/s1. The van der Waals surface area contributed by atoms with Crippen LogP contribution in [0.4, 0.5) is 0 Å². The molecule has 1 aromatic carbocycles. The van der Waals surface area contributed by atoms with Gasteiger partial charge in [-0.25, -0.2) is 4.99 Å². The lowest BCUT2D eigenvalue weighted by Gasteiger charge is -2.25. The van der Waals surface area contributed by atoms with Gasteiger partial charge in [0.05, 0.1) is 0 Å². The molecule has 4 nitrogen and oxygen atoms in total. The van der Waals surface area contributed by atoms with E-state index in [0.717, 1.165) is 22.9 Å². The fourth-order valence-electron chi connectivity index (χ4n) is 2.58. The highest BCUT2D eigenvalue weighted by atomic mass is 79.9. The molecule has 94 valence electrons. The molecule has 1 heterocycles. The van der Waals surface area contributed by atoms with Gasteiger partial charge in [0.25, 0.3) is 5.91 Å². The summed E-state index contributed by atoms with van der Waals surface area (Å²) in [6, 6.07) is 7.80. The molecule has 1 amide bonds. The van der Waals surface area contributed by atoms with Crippen molar-refractivity contribution in [1.29, 1.82) is 0 Å². The van der Waals surface area contributed by atoms with Gasteiger partial charge in [-0.05, 0) is 36.5 Å². The van der Waals surface area contributed by atoms with Crippen LogP contribution >= 0.6 is 15.9 Å². The van der Waals surface area contributed by atoms with Gasteiger partial charge in [-0.2, -0.15) is 0 Å². The fraction of sp³-hybridized carbons (Fsp3) is 0.385. The van der Waals surface area contributed by atoms with Crippen LogP contribution in [0, 0.1) is 5.92 Å². The van der Waals surface area contributed by atoms with E-state index in [4.69, 9.17) is 5.73 Å². The number of carbonyl (C=O) groups is 1. The molecule has 5 heteroatoms. The van der Waals surface area contributed by atoms with E-state index in [1.807, 2.05) is 24.3 Å². The Balaban J connectivity index is 2.17. The number of carbonyl (C=O) groups excluding carboxylic acids is 1. The Morgan fingerprint density at radius 2 is 2.22 bits per heavy atom. The van der Waals surface area contributed by atoms with E-state index < -0.39 is 5.54 Å². The first-order valence-electron chi connectivity index (χ1n) is 5.95. The minimum atomic E-state index is -0.789.